The lowest BCUT2D eigenvalue weighted by atomic mass is 9.90. The molecule has 25 heavy (non-hydrogen) atoms. The Bertz CT molecular complexity index is 819. The smallest absolute Gasteiger partial charge is 0.135 e. The molecule has 1 aromatic carbocycles. The van der Waals surface area contributed by atoms with Gasteiger partial charge in [0.1, 0.15) is 17.2 Å². The zero-order valence-electron chi connectivity index (χ0n) is 16.0. The molecule has 1 aromatic rings. The Morgan fingerprint density at radius 1 is 1.36 bits per heavy atom. The maximum Gasteiger partial charge on any atom is 0.135 e. The van der Waals surface area contributed by atoms with Gasteiger partial charge >= 0.3 is 0 Å². The molecule has 2 rings (SSSR count). The van der Waals surface area contributed by atoms with Crippen LogP contribution in [-0.2, 0) is 15.2 Å². The lowest BCUT2D eigenvalue weighted by molar-refractivity contribution is 0.303. The lowest BCUT2D eigenvalue weighted by Crippen LogP contribution is -2.48. The van der Waals surface area contributed by atoms with Crippen LogP contribution in [0.15, 0.2) is 41.4 Å². The molecule has 2 unspecified atom stereocenters. The molecule has 138 valence electrons. The van der Waals surface area contributed by atoms with Gasteiger partial charge in [-0.25, -0.2) is 8.60 Å². The van der Waals surface area contributed by atoms with E-state index in [1.807, 2.05) is 30.3 Å². The van der Waals surface area contributed by atoms with Crippen molar-refractivity contribution in [3.05, 3.63) is 47.8 Å². The summed E-state index contributed by atoms with van der Waals surface area (Å²) in [4.78, 5) is 4.81. The maximum absolute atomic E-state index is 14.4. The topological polar surface area (TPSA) is 32.7 Å². The van der Waals surface area contributed by atoms with E-state index < -0.39 is 15.2 Å². The Labute approximate surface area is 151 Å². The summed E-state index contributed by atoms with van der Waals surface area (Å²) in [5.41, 5.74) is -0.514. The minimum atomic E-state index is -2.50. The molecule has 0 saturated heterocycles. The van der Waals surface area contributed by atoms with E-state index >= 15 is 0 Å². The minimum absolute atomic E-state index is 0.000595. The number of allylic oxidation sites excluding steroid dienone is 1. The highest BCUT2D eigenvalue weighted by Crippen LogP contribution is 2.33. The fourth-order valence-corrected chi connectivity index (χ4v) is 5.21. The summed E-state index contributed by atoms with van der Waals surface area (Å²) in [5, 5.41) is 1.71. The quantitative estimate of drug-likeness (QED) is 0.713. The van der Waals surface area contributed by atoms with Gasteiger partial charge in [0.05, 0.1) is 9.71 Å². The second-order valence-electron chi connectivity index (χ2n) is 7.63. The van der Waals surface area contributed by atoms with Crippen molar-refractivity contribution >= 4 is 20.9 Å². The standard InChI is InChI=1S/C20H29FN2OS/c1-7-11-18-22-20(5,16-12-9-10-13-17(16)21)15-25(6,24)23(18)14-19(3,4)8-2/h7,9-13,15H,8,14H2,1-6H3/b11-7+. The molecule has 3 nitrogen and oxygen atoms in total. The van der Waals surface area contributed by atoms with E-state index in [1.165, 1.54) is 6.07 Å². The van der Waals surface area contributed by atoms with Crippen LogP contribution in [-0.4, -0.2) is 32.5 Å². The van der Waals surface area contributed by atoms with Crippen LogP contribution >= 0.6 is 0 Å². The molecule has 0 bridgehead atoms. The Balaban J connectivity index is 2.63. The summed E-state index contributed by atoms with van der Waals surface area (Å²) in [6.07, 6.45) is 6.43. The third kappa shape index (κ3) is 4.14. The van der Waals surface area contributed by atoms with Crippen molar-refractivity contribution in [1.29, 1.82) is 0 Å². The van der Waals surface area contributed by atoms with Crippen molar-refractivity contribution in [3.8, 4) is 0 Å². The largest absolute Gasteiger partial charge is 0.283 e. The van der Waals surface area contributed by atoms with Crippen LogP contribution < -0.4 is 0 Å². The molecule has 0 N–H and O–H groups in total. The maximum atomic E-state index is 14.4. The van der Waals surface area contributed by atoms with E-state index in [9.17, 15) is 8.60 Å². The Morgan fingerprint density at radius 3 is 2.56 bits per heavy atom. The number of amidine groups is 1. The SMILES string of the molecule is C/C=C/C1=NC(C)(c2ccccc2F)C=S(C)(=O)N1CC(C)(C)CC. The molecule has 0 aromatic heterocycles. The molecular weight excluding hydrogens is 335 g/mol. The van der Waals surface area contributed by atoms with Crippen LogP contribution in [0.2, 0.25) is 0 Å². The third-order valence-corrected chi connectivity index (χ3v) is 6.84. The molecule has 1 aliphatic heterocycles. The molecule has 0 spiro atoms. The van der Waals surface area contributed by atoms with Gasteiger partial charge in [-0.15, -0.1) is 0 Å². The number of rotatable bonds is 5. The van der Waals surface area contributed by atoms with Crippen molar-refractivity contribution in [1.82, 2.24) is 4.31 Å². The van der Waals surface area contributed by atoms with E-state index in [0.29, 0.717) is 17.9 Å². The summed E-state index contributed by atoms with van der Waals surface area (Å²) in [5.74, 6) is 0.312. The Kier molecular flexibility index (Phi) is 5.47. The van der Waals surface area contributed by atoms with Crippen molar-refractivity contribution in [2.75, 3.05) is 12.8 Å². The molecule has 1 heterocycles. The molecule has 0 aliphatic carbocycles. The second-order valence-corrected chi connectivity index (χ2v) is 10.0. The van der Waals surface area contributed by atoms with E-state index in [0.717, 1.165) is 6.42 Å². The summed E-state index contributed by atoms with van der Waals surface area (Å²) in [7, 11) is -2.50. The minimum Gasteiger partial charge on any atom is -0.283 e. The van der Waals surface area contributed by atoms with Gasteiger partial charge in [-0.3, -0.25) is 9.30 Å². The zero-order chi connectivity index (χ0) is 18.9. The van der Waals surface area contributed by atoms with Crippen molar-refractivity contribution in [2.24, 2.45) is 10.4 Å². The molecule has 2 atom stereocenters. The first-order chi connectivity index (χ1) is 11.5. The number of aliphatic imine (C=N–C) groups is 1. The molecule has 0 amide bonds. The van der Waals surface area contributed by atoms with E-state index in [2.05, 4.69) is 20.8 Å². The number of hydrogen-bond acceptors (Lipinski definition) is 2. The summed E-state index contributed by atoms with van der Waals surface area (Å²) in [6, 6.07) is 6.57. The van der Waals surface area contributed by atoms with Gasteiger partial charge < -0.3 is 0 Å². The molecule has 0 saturated carbocycles. The van der Waals surface area contributed by atoms with Crippen molar-refractivity contribution in [3.63, 3.8) is 0 Å². The normalized spacial score (nSPS) is 27.3. The van der Waals surface area contributed by atoms with E-state index in [1.54, 1.807) is 29.8 Å². The van der Waals surface area contributed by atoms with Gasteiger partial charge in [-0.2, -0.15) is 0 Å². The molecule has 1 aliphatic rings. The number of hydrogen-bond donors (Lipinski definition) is 0. The molecule has 0 fully saturated rings. The summed E-state index contributed by atoms with van der Waals surface area (Å²) < 4.78 is 29.8. The first kappa shape index (κ1) is 19.7. The van der Waals surface area contributed by atoms with Gasteiger partial charge in [0, 0.05) is 23.7 Å². The fraction of sp³-hybridized carbons (Fsp3) is 0.500. The first-order valence-corrected chi connectivity index (χ1v) is 10.6. The zero-order valence-corrected chi connectivity index (χ0v) is 16.9. The average molecular weight is 365 g/mol. The molecule has 0 radical (unpaired) electrons. The molecular formula is C20H29FN2OS. The van der Waals surface area contributed by atoms with Gasteiger partial charge in [0.25, 0.3) is 0 Å². The van der Waals surface area contributed by atoms with Crippen molar-refractivity contribution < 1.29 is 8.60 Å². The number of halogens is 1. The monoisotopic (exact) mass is 364 g/mol. The van der Waals surface area contributed by atoms with Gasteiger partial charge in [0.2, 0.25) is 0 Å². The van der Waals surface area contributed by atoms with Crippen LogP contribution in [0, 0.1) is 11.2 Å². The molecule has 5 heteroatoms. The second kappa shape index (κ2) is 6.94. The highest BCUT2D eigenvalue weighted by Gasteiger charge is 2.37. The predicted octanol–water partition coefficient (Wildman–Crippen LogP) is 4.40. The van der Waals surface area contributed by atoms with Crippen molar-refractivity contribution in [2.45, 2.75) is 46.6 Å². The highest BCUT2D eigenvalue weighted by molar-refractivity contribution is 7.99. The number of nitrogens with zero attached hydrogens (tertiary/aromatic N) is 2. The van der Waals surface area contributed by atoms with Crippen LogP contribution in [0.25, 0.3) is 0 Å². The van der Waals surface area contributed by atoms with Gasteiger partial charge in [0.15, 0.2) is 0 Å². The first-order valence-electron chi connectivity index (χ1n) is 8.65. The van der Waals surface area contributed by atoms with Gasteiger partial charge in [-0.1, -0.05) is 45.0 Å². The van der Waals surface area contributed by atoms with Crippen LogP contribution in [0.1, 0.15) is 46.6 Å². The third-order valence-electron chi connectivity index (χ3n) is 4.75. The van der Waals surface area contributed by atoms with Gasteiger partial charge in [-0.05, 0) is 37.8 Å². The Morgan fingerprint density at radius 2 is 2.00 bits per heavy atom. The van der Waals surface area contributed by atoms with Crippen LogP contribution in [0.4, 0.5) is 4.39 Å². The number of benzene rings is 1. The van der Waals surface area contributed by atoms with Crippen LogP contribution in [0.3, 0.4) is 0 Å². The van der Waals surface area contributed by atoms with Crippen LogP contribution in [0.5, 0.6) is 0 Å². The highest BCUT2D eigenvalue weighted by atomic mass is 32.2. The fourth-order valence-electron chi connectivity index (χ4n) is 2.97. The lowest BCUT2D eigenvalue weighted by Gasteiger charge is -2.40. The summed E-state index contributed by atoms with van der Waals surface area (Å²) >= 11 is 0. The Hall–Kier alpha value is -1.62. The predicted molar refractivity (Wildman–Crippen MR) is 107 cm³/mol. The average Bonchev–Trinajstić information content (AvgIpc) is 2.51. The van der Waals surface area contributed by atoms with E-state index in [-0.39, 0.29) is 11.2 Å². The van der Waals surface area contributed by atoms with E-state index in [4.69, 9.17) is 4.99 Å². The summed E-state index contributed by atoms with van der Waals surface area (Å²) in [6.45, 7) is 10.8.